The lowest BCUT2D eigenvalue weighted by Gasteiger charge is -2.11. The number of esters is 1. The van der Waals surface area contributed by atoms with E-state index in [1.807, 2.05) is 0 Å². The topological polar surface area (TPSA) is 84.9 Å². The van der Waals surface area contributed by atoms with E-state index in [9.17, 15) is 14.4 Å². The van der Waals surface area contributed by atoms with E-state index >= 15 is 0 Å². The van der Waals surface area contributed by atoms with Gasteiger partial charge >= 0.3 is 5.97 Å². The van der Waals surface area contributed by atoms with Gasteiger partial charge in [0.1, 0.15) is 12.4 Å². The summed E-state index contributed by atoms with van der Waals surface area (Å²) in [6.45, 7) is 3.50. The van der Waals surface area contributed by atoms with Crippen LogP contribution in [0.1, 0.15) is 20.7 Å². The summed E-state index contributed by atoms with van der Waals surface area (Å²) in [5.41, 5.74) is 1.32. The van der Waals surface area contributed by atoms with Gasteiger partial charge in [0.25, 0.3) is 11.8 Å². The number of nitrogens with one attached hydrogen (secondary N) is 1. The normalized spacial score (nSPS) is 9.93. The first kappa shape index (κ1) is 20.7. The molecule has 2 amide bonds. The molecule has 0 spiro atoms. The summed E-state index contributed by atoms with van der Waals surface area (Å²) < 4.78 is 10.3. The second kappa shape index (κ2) is 9.91. The standard InChI is InChI=1S/C21H22N2O5/c1-4-13-27-18-11-7-16(8-12-18)21(26)28-14-19(24)22-17-9-5-15(6-10-17)20(25)23(2)3/h4-12H,1,13-14H2,2-3H3,(H,22,24). The minimum Gasteiger partial charge on any atom is -0.490 e. The minimum absolute atomic E-state index is 0.132. The van der Waals surface area contributed by atoms with Crippen molar-refractivity contribution in [2.45, 2.75) is 0 Å². The first-order valence-electron chi connectivity index (χ1n) is 8.53. The SMILES string of the molecule is C=CCOc1ccc(C(=O)OCC(=O)Nc2ccc(C(=O)N(C)C)cc2)cc1. The smallest absolute Gasteiger partial charge is 0.338 e. The average molecular weight is 382 g/mol. The quantitative estimate of drug-likeness (QED) is 0.561. The van der Waals surface area contributed by atoms with Crippen LogP contribution >= 0.6 is 0 Å². The van der Waals surface area contributed by atoms with E-state index in [4.69, 9.17) is 9.47 Å². The summed E-state index contributed by atoms with van der Waals surface area (Å²) in [7, 11) is 3.32. The first-order chi connectivity index (χ1) is 13.4. The van der Waals surface area contributed by atoms with Crippen molar-refractivity contribution < 1.29 is 23.9 Å². The van der Waals surface area contributed by atoms with E-state index in [1.165, 1.54) is 4.90 Å². The van der Waals surface area contributed by atoms with Crippen molar-refractivity contribution >= 4 is 23.5 Å². The Labute approximate surface area is 163 Å². The van der Waals surface area contributed by atoms with Crippen molar-refractivity contribution in [1.29, 1.82) is 0 Å². The summed E-state index contributed by atoms with van der Waals surface area (Å²) in [6, 6.07) is 12.8. The fourth-order valence-electron chi connectivity index (χ4n) is 2.21. The zero-order valence-electron chi connectivity index (χ0n) is 15.8. The molecule has 2 aromatic rings. The van der Waals surface area contributed by atoms with Gasteiger partial charge in [-0.1, -0.05) is 12.7 Å². The highest BCUT2D eigenvalue weighted by atomic mass is 16.5. The number of ether oxygens (including phenoxy) is 2. The molecule has 0 saturated heterocycles. The van der Waals surface area contributed by atoms with Gasteiger partial charge in [0.05, 0.1) is 5.56 Å². The highest BCUT2D eigenvalue weighted by Gasteiger charge is 2.12. The van der Waals surface area contributed by atoms with E-state index in [-0.39, 0.29) is 5.91 Å². The molecular weight excluding hydrogens is 360 g/mol. The molecule has 0 radical (unpaired) electrons. The Morgan fingerprint density at radius 3 is 2.18 bits per heavy atom. The van der Waals surface area contributed by atoms with Gasteiger partial charge in [-0.25, -0.2) is 4.79 Å². The van der Waals surface area contributed by atoms with E-state index in [0.29, 0.717) is 29.2 Å². The molecule has 0 aliphatic rings. The molecule has 0 saturated carbocycles. The molecule has 0 aromatic heterocycles. The van der Waals surface area contributed by atoms with Gasteiger partial charge in [0.15, 0.2) is 6.61 Å². The van der Waals surface area contributed by atoms with Gasteiger partial charge in [-0.3, -0.25) is 9.59 Å². The molecule has 146 valence electrons. The van der Waals surface area contributed by atoms with E-state index in [1.54, 1.807) is 68.7 Å². The molecule has 7 nitrogen and oxygen atoms in total. The summed E-state index contributed by atoms with van der Waals surface area (Å²) in [5, 5.41) is 2.61. The molecule has 0 aliphatic heterocycles. The number of carbonyl (C=O) groups is 3. The maximum Gasteiger partial charge on any atom is 0.338 e. The number of hydrogen-bond donors (Lipinski definition) is 1. The zero-order chi connectivity index (χ0) is 20.5. The van der Waals surface area contributed by atoms with Crippen LogP contribution in [0.2, 0.25) is 0 Å². The van der Waals surface area contributed by atoms with Gasteiger partial charge in [-0.05, 0) is 48.5 Å². The van der Waals surface area contributed by atoms with Crippen molar-refractivity contribution in [3.8, 4) is 5.75 Å². The molecule has 0 bridgehead atoms. The Balaban J connectivity index is 1.84. The average Bonchev–Trinajstić information content (AvgIpc) is 2.70. The summed E-state index contributed by atoms with van der Waals surface area (Å²) in [4.78, 5) is 37.3. The van der Waals surface area contributed by atoms with E-state index < -0.39 is 18.5 Å². The van der Waals surface area contributed by atoms with Crippen LogP contribution in [0.25, 0.3) is 0 Å². The Bertz CT molecular complexity index is 842. The predicted octanol–water partition coefficient (Wildman–Crippen LogP) is 2.75. The van der Waals surface area contributed by atoms with E-state index in [2.05, 4.69) is 11.9 Å². The second-order valence-corrected chi connectivity index (χ2v) is 6.03. The third kappa shape index (κ3) is 5.98. The van der Waals surface area contributed by atoms with Gasteiger partial charge in [-0.15, -0.1) is 0 Å². The maximum absolute atomic E-state index is 12.0. The van der Waals surface area contributed by atoms with Gasteiger partial charge in [0, 0.05) is 25.3 Å². The molecule has 0 aliphatic carbocycles. The van der Waals surface area contributed by atoms with Crippen LogP contribution in [-0.2, 0) is 9.53 Å². The third-order valence-corrected chi connectivity index (χ3v) is 3.61. The molecule has 7 heteroatoms. The lowest BCUT2D eigenvalue weighted by atomic mass is 10.2. The van der Waals surface area contributed by atoms with Gasteiger partial charge in [0.2, 0.25) is 0 Å². The second-order valence-electron chi connectivity index (χ2n) is 6.03. The Hall–Kier alpha value is -3.61. The molecule has 2 rings (SSSR count). The molecule has 0 unspecified atom stereocenters. The number of rotatable bonds is 8. The minimum atomic E-state index is -0.614. The van der Waals surface area contributed by atoms with Gasteiger partial charge < -0.3 is 19.7 Å². The maximum atomic E-state index is 12.0. The lowest BCUT2D eigenvalue weighted by molar-refractivity contribution is -0.119. The number of hydrogen-bond acceptors (Lipinski definition) is 5. The summed E-state index contributed by atoms with van der Waals surface area (Å²) in [6.07, 6.45) is 1.62. The van der Waals surface area contributed by atoms with Crippen LogP contribution in [0, 0.1) is 0 Å². The van der Waals surface area contributed by atoms with Gasteiger partial charge in [-0.2, -0.15) is 0 Å². The fourth-order valence-corrected chi connectivity index (χ4v) is 2.21. The highest BCUT2D eigenvalue weighted by Crippen LogP contribution is 2.13. The van der Waals surface area contributed by atoms with E-state index in [0.717, 1.165) is 0 Å². The monoisotopic (exact) mass is 382 g/mol. The van der Waals surface area contributed by atoms with Crippen molar-refractivity contribution in [2.75, 3.05) is 32.6 Å². The molecule has 0 heterocycles. The summed E-state index contributed by atoms with van der Waals surface area (Å²) in [5.74, 6) is -0.624. The molecule has 28 heavy (non-hydrogen) atoms. The molecular formula is C21H22N2O5. The highest BCUT2D eigenvalue weighted by molar-refractivity contribution is 5.97. The van der Waals surface area contributed by atoms with Crippen LogP contribution < -0.4 is 10.1 Å². The molecule has 0 atom stereocenters. The Kier molecular flexibility index (Phi) is 7.33. The lowest BCUT2D eigenvalue weighted by Crippen LogP contribution is -2.22. The molecule has 1 N–H and O–H groups in total. The first-order valence-corrected chi connectivity index (χ1v) is 8.53. The van der Waals surface area contributed by atoms with Crippen LogP contribution in [0.4, 0.5) is 5.69 Å². The number of nitrogens with zero attached hydrogens (tertiary/aromatic N) is 1. The number of amides is 2. The Morgan fingerprint density at radius 1 is 1.00 bits per heavy atom. The molecule has 0 fully saturated rings. The van der Waals surface area contributed by atoms with Crippen LogP contribution in [-0.4, -0.2) is 50.0 Å². The number of carbonyl (C=O) groups excluding carboxylic acids is 3. The van der Waals surface area contributed by atoms with Crippen molar-refractivity contribution in [1.82, 2.24) is 4.90 Å². The zero-order valence-corrected chi connectivity index (χ0v) is 15.8. The summed E-state index contributed by atoms with van der Waals surface area (Å²) >= 11 is 0. The van der Waals surface area contributed by atoms with Crippen molar-refractivity contribution in [3.63, 3.8) is 0 Å². The van der Waals surface area contributed by atoms with Crippen molar-refractivity contribution in [2.24, 2.45) is 0 Å². The predicted molar refractivity (Wildman–Crippen MR) is 106 cm³/mol. The number of anilines is 1. The van der Waals surface area contributed by atoms with Crippen LogP contribution in [0.15, 0.2) is 61.2 Å². The fraction of sp³-hybridized carbons (Fsp3) is 0.190. The largest absolute Gasteiger partial charge is 0.490 e. The molecule has 2 aromatic carbocycles. The Morgan fingerprint density at radius 2 is 1.61 bits per heavy atom. The van der Waals surface area contributed by atoms with Crippen molar-refractivity contribution in [3.05, 3.63) is 72.3 Å². The van der Waals surface area contributed by atoms with Crippen LogP contribution in [0.3, 0.4) is 0 Å². The van der Waals surface area contributed by atoms with Crippen LogP contribution in [0.5, 0.6) is 5.75 Å². The third-order valence-electron chi connectivity index (χ3n) is 3.61. The number of benzene rings is 2.